The van der Waals surface area contributed by atoms with Crippen LogP contribution in [0.2, 0.25) is 0 Å². The lowest BCUT2D eigenvalue weighted by Crippen LogP contribution is -2.11. The van der Waals surface area contributed by atoms with Crippen molar-refractivity contribution in [3.63, 3.8) is 0 Å². The number of rotatable bonds is 1. The van der Waals surface area contributed by atoms with Crippen LogP contribution in [0.15, 0.2) is 0 Å². The van der Waals surface area contributed by atoms with Gasteiger partial charge >= 0.3 is 0 Å². The second-order valence-corrected chi connectivity index (χ2v) is 1.78. The Balaban J connectivity index is 2.54. The van der Waals surface area contributed by atoms with Gasteiger partial charge in [0.25, 0.3) is 0 Å². The predicted octanol–water partition coefficient (Wildman–Crippen LogP) is 0.0216. The van der Waals surface area contributed by atoms with Gasteiger partial charge in [-0.1, -0.05) is 6.92 Å². The van der Waals surface area contributed by atoms with Crippen LogP contribution in [0.4, 0.5) is 0 Å². The first kappa shape index (κ1) is 5.18. The summed E-state index contributed by atoms with van der Waals surface area (Å²) in [5, 5.41) is 0. The van der Waals surface area contributed by atoms with Crippen molar-refractivity contribution in [3.8, 4) is 0 Å². The smallest absolute Gasteiger partial charge is 0.143 e. The van der Waals surface area contributed by atoms with Crippen LogP contribution in [0.3, 0.4) is 0 Å². The molecule has 0 aromatic rings. The third-order valence-electron chi connectivity index (χ3n) is 0.474. The van der Waals surface area contributed by atoms with Crippen molar-refractivity contribution in [3.05, 3.63) is 0 Å². The Kier molecular flexibility index (Phi) is 2.50. The van der Waals surface area contributed by atoms with E-state index >= 15 is 0 Å². The first-order chi connectivity index (χ1) is 2.27. The largest absolute Gasteiger partial charge is 0.330 e. The van der Waals surface area contributed by atoms with Crippen LogP contribution >= 0.6 is 0 Å². The zero-order chi connectivity index (χ0) is 4.28. The first-order valence-corrected chi connectivity index (χ1v) is 2.14. The van der Waals surface area contributed by atoms with Crippen LogP contribution in [0.5, 0.6) is 0 Å². The summed E-state index contributed by atoms with van der Waals surface area (Å²) in [7, 11) is 5.22. The number of hydrogen-bond acceptors (Lipinski definition) is 1. The molecule has 0 amide bonds. The molecule has 0 N–H and O–H groups in total. The molecular formula is C3H8NSi. The molecule has 0 saturated heterocycles. The summed E-state index contributed by atoms with van der Waals surface area (Å²) in [6.07, 6.45) is 0. The van der Waals surface area contributed by atoms with E-state index in [0.717, 1.165) is 6.54 Å². The molecule has 0 rings (SSSR count). The molecule has 0 aliphatic heterocycles. The molecule has 0 aromatic carbocycles. The summed E-state index contributed by atoms with van der Waals surface area (Å²) < 4.78 is 1.93. The summed E-state index contributed by atoms with van der Waals surface area (Å²) in [4.78, 5) is 0. The molecule has 0 aromatic heterocycles. The third-order valence-corrected chi connectivity index (χ3v) is 0.791. The zero-order valence-electron chi connectivity index (χ0n) is 3.65. The second kappa shape index (κ2) is 2.42. The molecule has 0 bridgehead atoms. The molecule has 0 fully saturated rings. The third kappa shape index (κ3) is 4.18. The van der Waals surface area contributed by atoms with Crippen LogP contribution in [0.1, 0.15) is 6.92 Å². The monoisotopic (exact) mass is 86.0 g/mol. The summed E-state index contributed by atoms with van der Waals surface area (Å²) >= 11 is 0. The summed E-state index contributed by atoms with van der Waals surface area (Å²) in [6, 6.07) is 0. The van der Waals surface area contributed by atoms with Crippen LogP contribution in [-0.2, 0) is 0 Å². The fourth-order valence-corrected chi connectivity index (χ4v) is 0. The van der Waals surface area contributed by atoms with Crippen molar-refractivity contribution in [1.82, 2.24) is 4.57 Å². The quantitative estimate of drug-likeness (QED) is 0.407. The van der Waals surface area contributed by atoms with Gasteiger partial charge in [-0.2, -0.15) is 0 Å². The number of nitrogens with zero attached hydrogens (tertiary/aromatic N) is 1. The highest BCUT2D eigenvalue weighted by Gasteiger charge is 1.73. The summed E-state index contributed by atoms with van der Waals surface area (Å²) in [5.41, 5.74) is 0. The average molecular weight is 86.2 g/mol. The second-order valence-electron chi connectivity index (χ2n) is 1.01. The maximum Gasteiger partial charge on any atom is 0.143 e. The molecule has 0 aliphatic carbocycles. The molecule has 29 valence electrons. The Morgan fingerprint density at radius 1 is 1.80 bits per heavy atom. The van der Waals surface area contributed by atoms with Gasteiger partial charge in [-0.3, -0.25) is 0 Å². The van der Waals surface area contributed by atoms with Crippen molar-refractivity contribution < 1.29 is 0 Å². The molecular weight excluding hydrogens is 78.1 g/mol. The first-order valence-electron chi connectivity index (χ1n) is 1.69. The molecule has 1 nitrogen and oxygen atoms in total. The van der Waals surface area contributed by atoms with E-state index in [0.29, 0.717) is 0 Å². The molecule has 0 spiro atoms. The van der Waals surface area contributed by atoms with Gasteiger partial charge in [0, 0.05) is 0 Å². The maximum atomic E-state index is 3.25. The molecule has 2 heteroatoms. The Labute approximate surface area is 36.5 Å². The minimum absolute atomic E-state index is 1.05. The minimum Gasteiger partial charge on any atom is -0.330 e. The molecule has 0 unspecified atom stereocenters. The van der Waals surface area contributed by atoms with Crippen molar-refractivity contribution in [2.24, 2.45) is 0 Å². The highest BCUT2D eigenvalue weighted by molar-refractivity contribution is 6.04. The lowest BCUT2D eigenvalue weighted by molar-refractivity contribution is 0.581. The minimum atomic E-state index is 1.05. The van der Waals surface area contributed by atoms with Gasteiger partial charge in [0.1, 0.15) is 10.4 Å². The van der Waals surface area contributed by atoms with E-state index in [4.69, 9.17) is 0 Å². The van der Waals surface area contributed by atoms with Crippen LogP contribution in [0, 0.1) is 0 Å². The Hall–Kier alpha value is 0.177. The van der Waals surface area contributed by atoms with E-state index in [2.05, 4.69) is 17.3 Å². The van der Waals surface area contributed by atoms with Crippen molar-refractivity contribution in [1.29, 1.82) is 0 Å². The lowest BCUT2D eigenvalue weighted by atomic mass is 10.8. The normalized spacial score (nSPS) is 9.60. The van der Waals surface area contributed by atoms with Crippen molar-refractivity contribution in [2.45, 2.75) is 6.92 Å². The van der Waals surface area contributed by atoms with Crippen LogP contribution in [0.25, 0.3) is 0 Å². The van der Waals surface area contributed by atoms with Gasteiger partial charge in [0.15, 0.2) is 0 Å². The van der Waals surface area contributed by atoms with Crippen molar-refractivity contribution >= 4 is 10.4 Å². The molecule has 0 heterocycles. The Morgan fingerprint density at radius 3 is 2.00 bits per heavy atom. The van der Waals surface area contributed by atoms with Gasteiger partial charge in [-0.25, -0.2) is 0 Å². The predicted molar refractivity (Wildman–Crippen MR) is 24.1 cm³/mol. The van der Waals surface area contributed by atoms with Gasteiger partial charge in [-0.05, 0) is 13.6 Å². The highest BCUT2D eigenvalue weighted by Crippen LogP contribution is 1.62. The van der Waals surface area contributed by atoms with Crippen LogP contribution in [-0.4, -0.2) is 28.6 Å². The van der Waals surface area contributed by atoms with Gasteiger partial charge in [0.2, 0.25) is 0 Å². The Bertz CT molecular complexity index is 20.9. The van der Waals surface area contributed by atoms with E-state index in [1.807, 2.05) is 11.6 Å². The fourth-order valence-electron chi connectivity index (χ4n) is 0. The molecule has 0 aliphatic rings. The van der Waals surface area contributed by atoms with Crippen molar-refractivity contribution in [2.75, 3.05) is 13.6 Å². The highest BCUT2D eigenvalue weighted by atomic mass is 28.2. The molecule has 0 atom stereocenters. The molecule has 0 saturated carbocycles. The van der Waals surface area contributed by atoms with Gasteiger partial charge in [-0.15, -0.1) is 0 Å². The van der Waals surface area contributed by atoms with E-state index in [9.17, 15) is 0 Å². The van der Waals surface area contributed by atoms with Gasteiger partial charge in [0.05, 0.1) is 0 Å². The topological polar surface area (TPSA) is 3.24 Å². The van der Waals surface area contributed by atoms with Gasteiger partial charge < -0.3 is 4.57 Å². The van der Waals surface area contributed by atoms with Crippen LogP contribution < -0.4 is 0 Å². The maximum absolute atomic E-state index is 3.25. The molecule has 3 radical (unpaired) electrons. The molecule has 5 heavy (non-hydrogen) atoms. The van der Waals surface area contributed by atoms with E-state index in [-0.39, 0.29) is 0 Å². The Morgan fingerprint density at radius 2 is 2.00 bits per heavy atom. The standard InChI is InChI=1S/C3H8NSi/c1-3-4(2)5/h3H2,1-2H3. The zero-order valence-corrected chi connectivity index (χ0v) is 4.65. The van der Waals surface area contributed by atoms with E-state index in [1.165, 1.54) is 0 Å². The number of hydrogen-bond donors (Lipinski definition) is 0. The fraction of sp³-hybridized carbons (Fsp3) is 1.00. The SMILES string of the molecule is CCN(C)[Si]. The van der Waals surface area contributed by atoms with E-state index in [1.54, 1.807) is 0 Å². The lowest BCUT2D eigenvalue weighted by Gasteiger charge is -1.99. The summed E-state index contributed by atoms with van der Waals surface area (Å²) in [6.45, 7) is 3.13. The average Bonchev–Trinajstić information content (AvgIpc) is 1.38. The van der Waals surface area contributed by atoms with E-state index < -0.39 is 0 Å². The summed E-state index contributed by atoms with van der Waals surface area (Å²) in [5.74, 6) is 0.